The van der Waals surface area contributed by atoms with E-state index in [9.17, 15) is 0 Å². The Kier molecular flexibility index (Phi) is 4.67. The Balaban J connectivity index is 2.78. The summed E-state index contributed by atoms with van der Waals surface area (Å²) in [5.74, 6) is 1.88. The van der Waals surface area contributed by atoms with Crippen molar-refractivity contribution in [3.05, 3.63) is 28.2 Å². The van der Waals surface area contributed by atoms with E-state index >= 15 is 0 Å². The lowest BCUT2D eigenvalue weighted by Gasteiger charge is -2.07. The predicted octanol–water partition coefficient (Wildman–Crippen LogP) is 3.48. The van der Waals surface area contributed by atoms with E-state index < -0.39 is 0 Å². The standard InChI is InChI=1S/C11H15BrN2S/c1-7(2)6-15-8-3-4-9(11(13)14)10(12)5-8/h3-5,7H,6H2,1-2H3,(H3,13,14). The van der Waals surface area contributed by atoms with E-state index in [-0.39, 0.29) is 5.84 Å². The van der Waals surface area contributed by atoms with Crippen LogP contribution in [-0.4, -0.2) is 11.6 Å². The Labute approximate surface area is 103 Å². The highest BCUT2D eigenvalue weighted by Gasteiger charge is 2.04. The summed E-state index contributed by atoms with van der Waals surface area (Å²) in [6.07, 6.45) is 0. The fourth-order valence-electron chi connectivity index (χ4n) is 1.07. The summed E-state index contributed by atoms with van der Waals surface area (Å²) in [4.78, 5) is 1.21. The van der Waals surface area contributed by atoms with Gasteiger partial charge in [0.25, 0.3) is 0 Å². The van der Waals surface area contributed by atoms with Gasteiger partial charge in [0.1, 0.15) is 5.84 Å². The number of benzene rings is 1. The molecule has 4 heteroatoms. The summed E-state index contributed by atoms with van der Waals surface area (Å²) in [5, 5.41) is 7.36. The van der Waals surface area contributed by atoms with E-state index in [1.54, 1.807) is 0 Å². The molecule has 0 heterocycles. The number of nitrogens with two attached hydrogens (primary N) is 1. The van der Waals surface area contributed by atoms with Gasteiger partial charge in [-0.15, -0.1) is 11.8 Å². The quantitative estimate of drug-likeness (QED) is 0.506. The van der Waals surface area contributed by atoms with Crippen LogP contribution < -0.4 is 5.73 Å². The van der Waals surface area contributed by atoms with E-state index in [0.717, 1.165) is 15.8 Å². The maximum atomic E-state index is 7.36. The van der Waals surface area contributed by atoms with Crippen LogP contribution in [0.15, 0.2) is 27.6 Å². The van der Waals surface area contributed by atoms with Gasteiger partial charge in [-0.2, -0.15) is 0 Å². The lowest BCUT2D eigenvalue weighted by molar-refractivity contribution is 0.750. The Morgan fingerprint density at radius 1 is 1.53 bits per heavy atom. The molecule has 82 valence electrons. The average Bonchev–Trinajstić information content (AvgIpc) is 2.14. The van der Waals surface area contributed by atoms with Crippen LogP contribution in [0.1, 0.15) is 19.4 Å². The number of hydrogen-bond donors (Lipinski definition) is 2. The van der Waals surface area contributed by atoms with Crippen LogP contribution in [0.4, 0.5) is 0 Å². The SMILES string of the molecule is CC(C)CSc1ccc(C(=N)N)c(Br)c1. The smallest absolute Gasteiger partial charge is 0.123 e. The van der Waals surface area contributed by atoms with Gasteiger partial charge < -0.3 is 5.73 Å². The molecule has 0 amide bonds. The Morgan fingerprint density at radius 3 is 2.67 bits per heavy atom. The number of amidine groups is 1. The molecular formula is C11H15BrN2S. The second-order valence-electron chi connectivity index (χ2n) is 3.76. The normalized spacial score (nSPS) is 10.7. The van der Waals surface area contributed by atoms with Crippen molar-refractivity contribution in [2.45, 2.75) is 18.7 Å². The van der Waals surface area contributed by atoms with Crippen LogP contribution in [0.5, 0.6) is 0 Å². The number of rotatable bonds is 4. The Morgan fingerprint density at radius 2 is 2.20 bits per heavy atom. The molecule has 0 atom stereocenters. The fraction of sp³-hybridized carbons (Fsp3) is 0.364. The van der Waals surface area contributed by atoms with Gasteiger partial charge in [-0.3, -0.25) is 5.41 Å². The molecule has 2 nitrogen and oxygen atoms in total. The first-order valence-electron chi connectivity index (χ1n) is 4.77. The fourth-order valence-corrected chi connectivity index (χ4v) is 2.70. The molecule has 0 aromatic heterocycles. The topological polar surface area (TPSA) is 49.9 Å². The van der Waals surface area contributed by atoms with Crippen LogP contribution in [0.3, 0.4) is 0 Å². The molecule has 0 bridgehead atoms. The highest BCUT2D eigenvalue weighted by Crippen LogP contribution is 2.26. The zero-order chi connectivity index (χ0) is 11.4. The van der Waals surface area contributed by atoms with Crippen LogP contribution in [0, 0.1) is 11.3 Å². The minimum Gasteiger partial charge on any atom is -0.384 e. The minimum absolute atomic E-state index is 0.0993. The van der Waals surface area contributed by atoms with Crippen molar-refractivity contribution >= 4 is 33.5 Å². The van der Waals surface area contributed by atoms with Crippen LogP contribution in [0.2, 0.25) is 0 Å². The summed E-state index contributed by atoms with van der Waals surface area (Å²) < 4.78 is 0.892. The molecule has 0 spiro atoms. The van der Waals surface area contributed by atoms with Crippen LogP contribution in [-0.2, 0) is 0 Å². The number of hydrogen-bond acceptors (Lipinski definition) is 2. The second kappa shape index (κ2) is 5.56. The van der Waals surface area contributed by atoms with Gasteiger partial charge in [0.2, 0.25) is 0 Å². The maximum absolute atomic E-state index is 7.36. The number of halogens is 1. The zero-order valence-electron chi connectivity index (χ0n) is 8.88. The molecule has 0 aliphatic carbocycles. The molecule has 0 saturated heterocycles. The average molecular weight is 287 g/mol. The van der Waals surface area contributed by atoms with Gasteiger partial charge >= 0.3 is 0 Å². The number of nitrogens with one attached hydrogen (secondary N) is 1. The first kappa shape index (κ1) is 12.6. The lowest BCUT2D eigenvalue weighted by atomic mass is 10.2. The van der Waals surface area contributed by atoms with Gasteiger partial charge in [0, 0.05) is 20.7 Å². The van der Waals surface area contributed by atoms with Crippen molar-refractivity contribution in [2.75, 3.05) is 5.75 Å². The first-order valence-corrected chi connectivity index (χ1v) is 6.55. The third-order valence-corrected chi connectivity index (χ3v) is 3.89. The third-order valence-electron chi connectivity index (χ3n) is 1.81. The molecule has 0 radical (unpaired) electrons. The molecule has 0 aliphatic rings. The van der Waals surface area contributed by atoms with Crippen molar-refractivity contribution in [1.82, 2.24) is 0 Å². The molecular weight excluding hydrogens is 272 g/mol. The van der Waals surface area contributed by atoms with Gasteiger partial charge in [-0.05, 0) is 40.0 Å². The van der Waals surface area contributed by atoms with Crippen LogP contribution >= 0.6 is 27.7 Å². The largest absolute Gasteiger partial charge is 0.384 e. The zero-order valence-corrected chi connectivity index (χ0v) is 11.3. The summed E-state index contributed by atoms with van der Waals surface area (Å²) in [7, 11) is 0. The number of nitrogen functional groups attached to an aromatic ring is 1. The van der Waals surface area contributed by atoms with E-state index in [4.69, 9.17) is 11.1 Å². The molecule has 0 unspecified atom stereocenters. The van der Waals surface area contributed by atoms with Gasteiger partial charge in [-0.25, -0.2) is 0 Å². The van der Waals surface area contributed by atoms with E-state index in [1.807, 2.05) is 30.0 Å². The maximum Gasteiger partial charge on any atom is 0.123 e. The van der Waals surface area contributed by atoms with E-state index in [1.165, 1.54) is 4.90 Å². The van der Waals surface area contributed by atoms with Gasteiger partial charge in [0.05, 0.1) is 0 Å². The number of thioether (sulfide) groups is 1. The highest BCUT2D eigenvalue weighted by molar-refractivity contribution is 9.10. The molecule has 0 saturated carbocycles. The molecule has 15 heavy (non-hydrogen) atoms. The second-order valence-corrected chi connectivity index (χ2v) is 5.71. The van der Waals surface area contributed by atoms with E-state index in [2.05, 4.69) is 29.8 Å². The minimum atomic E-state index is 0.0993. The molecule has 1 aromatic carbocycles. The molecule has 1 aromatic rings. The van der Waals surface area contributed by atoms with Crippen molar-refractivity contribution in [3.8, 4) is 0 Å². The summed E-state index contributed by atoms with van der Waals surface area (Å²) in [6.45, 7) is 4.40. The van der Waals surface area contributed by atoms with Crippen molar-refractivity contribution in [1.29, 1.82) is 5.41 Å². The first-order chi connectivity index (χ1) is 7.00. The summed E-state index contributed by atoms with van der Waals surface area (Å²) >= 11 is 5.24. The van der Waals surface area contributed by atoms with E-state index in [0.29, 0.717) is 5.92 Å². The third kappa shape index (κ3) is 3.87. The van der Waals surface area contributed by atoms with Crippen molar-refractivity contribution < 1.29 is 0 Å². The highest BCUT2D eigenvalue weighted by atomic mass is 79.9. The Hall–Kier alpha value is -0.480. The molecule has 0 aliphatic heterocycles. The van der Waals surface area contributed by atoms with Gasteiger partial charge in [0.15, 0.2) is 0 Å². The van der Waals surface area contributed by atoms with Gasteiger partial charge in [-0.1, -0.05) is 13.8 Å². The molecule has 0 fully saturated rings. The summed E-state index contributed by atoms with van der Waals surface area (Å²) in [5.41, 5.74) is 6.19. The van der Waals surface area contributed by atoms with Crippen LogP contribution in [0.25, 0.3) is 0 Å². The summed E-state index contributed by atoms with van der Waals surface area (Å²) in [6, 6.07) is 5.91. The van der Waals surface area contributed by atoms with Crippen molar-refractivity contribution in [2.24, 2.45) is 11.7 Å². The predicted molar refractivity (Wildman–Crippen MR) is 70.7 cm³/mol. The lowest BCUT2D eigenvalue weighted by Crippen LogP contribution is -2.11. The Bertz CT molecular complexity index is 364. The van der Waals surface area contributed by atoms with Crippen molar-refractivity contribution in [3.63, 3.8) is 0 Å². The molecule has 1 rings (SSSR count). The monoisotopic (exact) mass is 286 g/mol. The molecule has 3 N–H and O–H groups in total.